The molecule has 0 unspecified atom stereocenters. The maximum absolute atomic E-state index is 12.5. The lowest BCUT2D eigenvalue weighted by atomic mass is 10.1. The Balaban J connectivity index is 1.62. The summed E-state index contributed by atoms with van der Waals surface area (Å²) in [5.41, 5.74) is 4.21. The number of hydrogen-bond acceptors (Lipinski definition) is 5. The quantitative estimate of drug-likeness (QED) is 0.568. The predicted molar refractivity (Wildman–Crippen MR) is 103 cm³/mol. The highest BCUT2D eigenvalue weighted by molar-refractivity contribution is 7.21. The molecule has 0 radical (unpaired) electrons. The maximum Gasteiger partial charge on any atom is 0.229 e. The molecule has 0 aliphatic rings. The van der Waals surface area contributed by atoms with E-state index in [4.69, 9.17) is 9.51 Å². The molecule has 4 aromatic rings. The Morgan fingerprint density at radius 1 is 1.12 bits per heavy atom. The van der Waals surface area contributed by atoms with Crippen LogP contribution in [-0.2, 0) is 11.2 Å². The average molecular weight is 363 g/mol. The van der Waals surface area contributed by atoms with E-state index in [9.17, 15) is 4.79 Å². The summed E-state index contributed by atoms with van der Waals surface area (Å²) in [5.74, 6) is 0.574. The standard InChI is InChI=1S/C20H17N3O2S/c1-12-15(13(2)25-23-12)11-19(24)21-16-8-4-3-7-14(16)20-22-17-9-5-6-10-18(17)26-20/h3-10H,11H2,1-2H3,(H,21,24). The third-order valence-corrected chi connectivity index (χ3v) is 5.31. The third kappa shape index (κ3) is 3.11. The Kier molecular flexibility index (Phi) is 4.26. The zero-order valence-electron chi connectivity index (χ0n) is 14.4. The second-order valence-electron chi connectivity index (χ2n) is 6.06. The second kappa shape index (κ2) is 6.72. The number of amides is 1. The summed E-state index contributed by atoms with van der Waals surface area (Å²) >= 11 is 1.61. The predicted octanol–water partition coefficient (Wildman–Crippen LogP) is 4.75. The molecule has 26 heavy (non-hydrogen) atoms. The summed E-state index contributed by atoms with van der Waals surface area (Å²) in [5, 5.41) is 7.80. The van der Waals surface area contributed by atoms with Crippen molar-refractivity contribution in [1.82, 2.24) is 10.1 Å². The molecule has 0 saturated heterocycles. The van der Waals surface area contributed by atoms with Crippen molar-refractivity contribution in [2.75, 3.05) is 5.32 Å². The zero-order chi connectivity index (χ0) is 18.1. The lowest BCUT2D eigenvalue weighted by Gasteiger charge is -2.09. The van der Waals surface area contributed by atoms with Crippen LogP contribution in [0.25, 0.3) is 20.8 Å². The molecule has 1 amide bonds. The van der Waals surface area contributed by atoms with Crippen molar-refractivity contribution in [2.24, 2.45) is 0 Å². The molecule has 5 nitrogen and oxygen atoms in total. The van der Waals surface area contributed by atoms with E-state index in [1.165, 1.54) is 0 Å². The number of aromatic nitrogens is 2. The topological polar surface area (TPSA) is 68.0 Å². The Labute approximate surface area is 154 Å². The molecule has 0 fully saturated rings. The molecule has 0 spiro atoms. The number of carbonyl (C=O) groups excluding carboxylic acids is 1. The van der Waals surface area contributed by atoms with Gasteiger partial charge in [0, 0.05) is 11.1 Å². The molecule has 2 aromatic carbocycles. The summed E-state index contributed by atoms with van der Waals surface area (Å²) in [6.07, 6.45) is 0.231. The number of carbonyl (C=O) groups is 1. The number of nitrogens with one attached hydrogen (secondary N) is 1. The average Bonchev–Trinajstić information content (AvgIpc) is 3.20. The van der Waals surface area contributed by atoms with Gasteiger partial charge in [-0.3, -0.25) is 4.79 Å². The smallest absolute Gasteiger partial charge is 0.229 e. The molecule has 0 bridgehead atoms. The highest BCUT2D eigenvalue weighted by Crippen LogP contribution is 2.34. The van der Waals surface area contributed by atoms with Gasteiger partial charge in [-0.1, -0.05) is 29.4 Å². The number of nitrogens with zero attached hydrogens (tertiary/aromatic N) is 2. The number of thiazole rings is 1. The van der Waals surface area contributed by atoms with Gasteiger partial charge < -0.3 is 9.84 Å². The van der Waals surface area contributed by atoms with Crippen LogP contribution in [0.4, 0.5) is 5.69 Å². The molecular formula is C20H17N3O2S. The first-order valence-electron chi connectivity index (χ1n) is 8.28. The molecule has 6 heteroatoms. The van der Waals surface area contributed by atoms with Gasteiger partial charge in [-0.05, 0) is 38.1 Å². The van der Waals surface area contributed by atoms with E-state index >= 15 is 0 Å². The maximum atomic E-state index is 12.5. The molecule has 0 aliphatic carbocycles. The fraction of sp³-hybridized carbons (Fsp3) is 0.150. The van der Waals surface area contributed by atoms with E-state index in [0.29, 0.717) is 5.76 Å². The van der Waals surface area contributed by atoms with Crippen LogP contribution in [-0.4, -0.2) is 16.0 Å². The Morgan fingerprint density at radius 2 is 1.88 bits per heavy atom. The van der Waals surface area contributed by atoms with Crippen LogP contribution in [0.3, 0.4) is 0 Å². The van der Waals surface area contributed by atoms with Gasteiger partial charge in [-0.25, -0.2) is 4.98 Å². The van der Waals surface area contributed by atoms with Crippen LogP contribution in [0.5, 0.6) is 0 Å². The third-order valence-electron chi connectivity index (χ3n) is 4.24. The van der Waals surface area contributed by atoms with E-state index in [1.54, 1.807) is 11.3 Å². The van der Waals surface area contributed by atoms with Crippen molar-refractivity contribution < 1.29 is 9.32 Å². The van der Waals surface area contributed by atoms with Crippen LogP contribution in [0.2, 0.25) is 0 Å². The Bertz CT molecular complexity index is 1040. The van der Waals surface area contributed by atoms with Crippen molar-refractivity contribution in [3.63, 3.8) is 0 Å². The number of hydrogen-bond donors (Lipinski definition) is 1. The zero-order valence-corrected chi connectivity index (χ0v) is 15.3. The van der Waals surface area contributed by atoms with Crippen molar-refractivity contribution >= 4 is 33.1 Å². The minimum Gasteiger partial charge on any atom is -0.361 e. The van der Waals surface area contributed by atoms with Gasteiger partial charge in [0.15, 0.2) is 0 Å². The number of aryl methyl sites for hydroxylation is 2. The van der Waals surface area contributed by atoms with Crippen LogP contribution >= 0.6 is 11.3 Å². The highest BCUT2D eigenvalue weighted by Gasteiger charge is 2.16. The van der Waals surface area contributed by atoms with Gasteiger partial charge >= 0.3 is 0 Å². The number of benzene rings is 2. The molecule has 2 aromatic heterocycles. The lowest BCUT2D eigenvalue weighted by molar-refractivity contribution is -0.115. The van der Waals surface area contributed by atoms with Crippen molar-refractivity contribution in [3.8, 4) is 10.6 Å². The van der Waals surface area contributed by atoms with Crippen molar-refractivity contribution in [2.45, 2.75) is 20.3 Å². The molecule has 4 rings (SSSR count). The van der Waals surface area contributed by atoms with Gasteiger partial charge in [0.1, 0.15) is 10.8 Å². The minimum absolute atomic E-state index is 0.104. The number of anilines is 1. The summed E-state index contributed by atoms with van der Waals surface area (Å²) in [7, 11) is 0. The minimum atomic E-state index is -0.104. The molecular weight excluding hydrogens is 346 g/mol. The molecule has 1 N–H and O–H groups in total. The second-order valence-corrected chi connectivity index (χ2v) is 7.09. The van der Waals surface area contributed by atoms with Crippen LogP contribution in [0.15, 0.2) is 53.1 Å². The number of para-hydroxylation sites is 2. The first kappa shape index (κ1) is 16.5. The summed E-state index contributed by atoms with van der Waals surface area (Å²) in [4.78, 5) is 17.2. The van der Waals surface area contributed by atoms with E-state index < -0.39 is 0 Å². The summed E-state index contributed by atoms with van der Waals surface area (Å²) in [6.45, 7) is 3.66. The normalized spacial score (nSPS) is 11.0. The number of fused-ring (bicyclic) bond motifs is 1. The van der Waals surface area contributed by atoms with E-state index in [-0.39, 0.29) is 12.3 Å². The highest BCUT2D eigenvalue weighted by atomic mass is 32.1. The largest absolute Gasteiger partial charge is 0.361 e. The van der Waals surface area contributed by atoms with Crippen molar-refractivity contribution in [1.29, 1.82) is 0 Å². The Hall–Kier alpha value is -2.99. The Morgan fingerprint density at radius 3 is 2.65 bits per heavy atom. The number of rotatable bonds is 4. The first-order chi connectivity index (χ1) is 12.6. The molecule has 0 atom stereocenters. The van der Waals surface area contributed by atoms with Crippen LogP contribution in [0, 0.1) is 13.8 Å². The van der Waals surface area contributed by atoms with E-state index in [0.717, 1.165) is 37.7 Å². The molecule has 130 valence electrons. The van der Waals surface area contributed by atoms with Gasteiger partial charge in [0.25, 0.3) is 0 Å². The molecule has 0 saturated carbocycles. The summed E-state index contributed by atoms with van der Waals surface area (Å²) < 4.78 is 6.26. The molecule has 0 aliphatic heterocycles. The molecule has 2 heterocycles. The fourth-order valence-electron chi connectivity index (χ4n) is 2.88. The lowest BCUT2D eigenvalue weighted by Crippen LogP contribution is -2.15. The van der Waals surface area contributed by atoms with Crippen LogP contribution < -0.4 is 5.32 Å². The first-order valence-corrected chi connectivity index (χ1v) is 9.10. The van der Waals surface area contributed by atoms with Gasteiger partial charge in [-0.2, -0.15) is 0 Å². The SMILES string of the molecule is Cc1noc(C)c1CC(=O)Nc1ccccc1-c1nc2ccccc2s1. The van der Waals surface area contributed by atoms with E-state index in [1.807, 2.05) is 56.3 Å². The summed E-state index contributed by atoms with van der Waals surface area (Å²) in [6, 6.07) is 15.7. The van der Waals surface area contributed by atoms with Crippen molar-refractivity contribution in [3.05, 3.63) is 65.5 Å². The fourth-order valence-corrected chi connectivity index (χ4v) is 3.88. The van der Waals surface area contributed by atoms with Crippen LogP contribution in [0.1, 0.15) is 17.0 Å². The van der Waals surface area contributed by atoms with Gasteiger partial charge in [0.2, 0.25) is 5.91 Å². The monoisotopic (exact) mass is 363 g/mol. The van der Waals surface area contributed by atoms with Gasteiger partial charge in [-0.15, -0.1) is 11.3 Å². The van der Waals surface area contributed by atoms with Gasteiger partial charge in [0.05, 0.1) is 28.0 Å². The van der Waals surface area contributed by atoms with E-state index in [2.05, 4.69) is 16.5 Å².